The molecule has 0 amide bonds. The van der Waals surface area contributed by atoms with Crippen LogP contribution < -0.4 is 10.9 Å². The minimum absolute atomic E-state index is 0.153. The molecule has 7 nitrogen and oxygen atoms in total. The summed E-state index contributed by atoms with van der Waals surface area (Å²) in [7, 11) is 3.57. The number of fused-ring (bicyclic) bond motifs is 1. The molecule has 86 valence electrons. The molecule has 0 fully saturated rings. The van der Waals surface area contributed by atoms with E-state index in [9.17, 15) is 4.79 Å². The van der Waals surface area contributed by atoms with Crippen molar-refractivity contribution in [3.05, 3.63) is 16.6 Å². The van der Waals surface area contributed by atoms with Crippen molar-refractivity contribution < 1.29 is 0 Å². The highest BCUT2D eigenvalue weighted by molar-refractivity contribution is 5.72. The summed E-state index contributed by atoms with van der Waals surface area (Å²) in [5.74, 6) is 0. The van der Waals surface area contributed by atoms with Gasteiger partial charge in [-0.1, -0.05) is 5.21 Å². The van der Waals surface area contributed by atoms with E-state index in [1.54, 1.807) is 7.05 Å². The van der Waals surface area contributed by atoms with Gasteiger partial charge in [0.15, 0.2) is 5.65 Å². The number of hydrogen-bond donors (Lipinski definition) is 1. The molecule has 0 saturated heterocycles. The Balaban J connectivity index is 2.49. The molecule has 0 aliphatic rings. The van der Waals surface area contributed by atoms with Gasteiger partial charge in [-0.2, -0.15) is 5.10 Å². The van der Waals surface area contributed by atoms with Gasteiger partial charge in [0.05, 0.1) is 12.7 Å². The third-order valence-corrected chi connectivity index (χ3v) is 2.56. The van der Waals surface area contributed by atoms with Crippen molar-refractivity contribution >= 4 is 11.0 Å². The van der Waals surface area contributed by atoms with E-state index in [4.69, 9.17) is 0 Å². The highest BCUT2D eigenvalue weighted by atomic mass is 16.1. The standard InChI is InChI=1S/C9H14N6O/c1-6(10-2)5-15-9(16)7-4-11-14(3)8(7)12-13-15/h4,6,10H,5H2,1-3H3. The lowest BCUT2D eigenvalue weighted by molar-refractivity contribution is 0.451. The molecule has 1 atom stereocenters. The smallest absolute Gasteiger partial charge is 0.280 e. The van der Waals surface area contributed by atoms with Gasteiger partial charge in [0.2, 0.25) is 0 Å². The molecule has 0 aliphatic carbocycles. The molecule has 0 aromatic carbocycles. The summed E-state index contributed by atoms with van der Waals surface area (Å²) in [6, 6.07) is 0.168. The summed E-state index contributed by atoms with van der Waals surface area (Å²) >= 11 is 0. The molecule has 2 aromatic heterocycles. The van der Waals surface area contributed by atoms with Crippen molar-refractivity contribution in [3.63, 3.8) is 0 Å². The van der Waals surface area contributed by atoms with E-state index < -0.39 is 0 Å². The summed E-state index contributed by atoms with van der Waals surface area (Å²) in [6.45, 7) is 2.47. The van der Waals surface area contributed by atoms with Gasteiger partial charge in [0.25, 0.3) is 5.56 Å². The van der Waals surface area contributed by atoms with Gasteiger partial charge in [-0.05, 0) is 14.0 Å². The summed E-state index contributed by atoms with van der Waals surface area (Å²) in [5.41, 5.74) is 0.360. The van der Waals surface area contributed by atoms with Crippen molar-refractivity contribution in [2.24, 2.45) is 7.05 Å². The van der Waals surface area contributed by atoms with Gasteiger partial charge in [-0.3, -0.25) is 4.79 Å². The van der Waals surface area contributed by atoms with Crippen molar-refractivity contribution in [1.82, 2.24) is 30.1 Å². The highest BCUT2D eigenvalue weighted by Gasteiger charge is 2.10. The Bertz CT molecular complexity index is 557. The van der Waals surface area contributed by atoms with E-state index in [0.29, 0.717) is 17.6 Å². The van der Waals surface area contributed by atoms with Gasteiger partial charge < -0.3 is 5.32 Å². The molecule has 7 heteroatoms. The van der Waals surface area contributed by atoms with Crippen LogP contribution in [-0.4, -0.2) is 37.9 Å². The molecule has 1 unspecified atom stereocenters. The van der Waals surface area contributed by atoms with Crippen molar-refractivity contribution in [2.75, 3.05) is 7.05 Å². The number of likely N-dealkylation sites (N-methyl/N-ethyl adjacent to an activating group) is 1. The third-order valence-electron chi connectivity index (χ3n) is 2.56. The number of nitrogens with one attached hydrogen (secondary N) is 1. The zero-order valence-electron chi connectivity index (χ0n) is 9.51. The van der Waals surface area contributed by atoms with E-state index in [1.807, 2.05) is 14.0 Å². The number of hydrogen-bond acceptors (Lipinski definition) is 5. The van der Waals surface area contributed by atoms with E-state index in [0.717, 1.165) is 0 Å². The predicted molar refractivity (Wildman–Crippen MR) is 59.1 cm³/mol. The molecular weight excluding hydrogens is 208 g/mol. The van der Waals surface area contributed by atoms with E-state index in [1.165, 1.54) is 15.6 Å². The molecule has 16 heavy (non-hydrogen) atoms. The molecule has 0 radical (unpaired) electrons. The first-order valence-electron chi connectivity index (χ1n) is 5.06. The van der Waals surface area contributed by atoms with Gasteiger partial charge in [-0.25, -0.2) is 9.36 Å². The van der Waals surface area contributed by atoms with Gasteiger partial charge in [0.1, 0.15) is 5.39 Å². The fraction of sp³-hybridized carbons (Fsp3) is 0.556. The zero-order valence-corrected chi connectivity index (χ0v) is 9.51. The number of aryl methyl sites for hydroxylation is 1. The summed E-state index contributed by atoms with van der Waals surface area (Å²) in [5, 5.41) is 15.4. The Morgan fingerprint density at radius 1 is 1.56 bits per heavy atom. The molecule has 2 aromatic rings. The maximum Gasteiger partial charge on any atom is 0.280 e. The minimum Gasteiger partial charge on any atom is -0.315 e. The van der Waals surface area contributed by atoms with Crippen LogP contribution in [0.25, 0.3) is 11.0 Å². The second-order valence-corrected chi connectivity index (χ2v) is 3.77. The van der Waals surface area contributed by atoms with Crippen LogP contribution in [0.2, 0.25) is 0 Å². The van der Waals surface area contributed by atoms with E-state index in [-0.39, 0.29) is 11.6 Å². The predicted octanol–water partition coefficient (Wildman–Crippen LogP) is -0.867. The van der Waals surface area contributed by atoms with E-state index in [2.05, 4.69) is 20.7 Å². The molecule has 0 aliphatic heterocycles. The highest BCUT2D eigenvalue weighted by Crippen LogP contribution is 2.01. The van der Waals surface area contributed by atoms with Gasteiger partial charge >= 0.3 is 0 Å². The van der Waals surface area contributed by atoms with Crippen molar-refractivity contribution in [2.45, 2.75) is 19.5 Å². The number of rotatable bonds is 3. The normalized spacial score (nSPS) is 13.2. The van der Waals surface area contributed by atoms with Gasteiger partial charge in [-0.15, -0.1) is 5.10 Å². The maximum absolute atomic E-state index is 12.0. The summed E-state index contributed by atoms with van der Waals surface area (Å²) in [6.07, 6.45) is 1.52. The first-order valence-corrected chi connectivity index (χ1v) is 5.06. The van der Waals surface area contributed by atoms with Crippen LogP contribution in [0.1, 0.15) is 6.92 Å². The fourth-order valence-electron chi connectivity index (χ4n) is 1.45. The van der Waals surface area contributed by atoms with Crippen molar-refractivity contribution in [3.8, 4) is 0 Å². The lowest BCUT2D eigenvalue weighted by Gasteiger charge is -2.09. The third kappa shape index (κ3) is 1.69. The molecule has 2 heterocycles. The lowest BCUT2D eigenvalue weighted by atomic mass is 10.3. The first-order chi connectivity index (χ1) is 7.63. The second kappa shape index (κ2) is 4.01. The Kier molecular flexibility index (Phi) is 2.69. The lowest BCUT2D eigenvalue weighted by Crippen LogP contribution is -2.34. The Morgan fingerprint density at radius 3 is 3.00 bits per heavy atom. The quantitative estimate of drug-likeness (QED) is 0.730. The number of nitrogens with zero attached hydrogens (tertiary/aromatic N) is 5. The van der Waals surface area contributed by atoms with Crippen LogP contribution in [0.5, 0.6) is 0 Å². The van der Waals surface area contributed by atoms with Crippen LogP contribution in [0.15, 0.2) is 11.0 Å². The Hall–Kier alpha value is -1.76. The van der Waals surface area contributed by atoms with E-state index >= 15 is 0 Å². The SMILES string of the molecule is CNC(C)Cn1nnc2c(cnn2C)c1=O. The first kappa shape index (κ1) is 10.7. The second-order valence-electron chi connectivity index (χ2n) is 3.77. The average molecular weight is 222 g/mol. The minimum atomic E-state index is -0.153. The molecule has 0 spiro atoms. The molecule has 2 rings (SSSR count). The van der Waals surface area contributed by atoms with Crippen LogP contribution in [-0.2, 0) is 13.6 Å². The summed E-state index contributed by atoms with van der Waals surface area (Å²) in [4.78, 5) is 12.0. The number of aromatic nitrogens is 5. The molecule has 0 saturated carbocycles. The Labute approximate surface area is 92.1 Å². The maximum atomic E-state index is 12.0. The van der Waals surface area contributed by atoms with Crippen LogP contribution >= 0.6 is 0 Å². The summed E-state index contributed by atoms with van der Waals surface area (Å²) < 4.78 is 2.89. The zero-order chi connectivity index (χ0) is 11.7. The van der Waals surface area contributed by atoms with Gasteiger partial charge in [0, 0.05) is 13.1 Å². The molecule has 0 bridgehead atoms. The van der Waals surface area contributed by atoms with Crippen LogP contribution in [0.4, 0.5) is 0 Å². The van der Waals surface area contributed by atoms with Crippen molar-refractivity contribution in [1.29, 1.82) is 0 Å². The fourth-order valence-corrected chi connectivity index (χ4v) is 1.45. The monoisotopic (exact) mass is 222 g/mol. The van der Waals surface area contributed by atoms with Crippen LogP contribution in [0, 0.1) is 0 Å². The Morgan fingerprint density at radius 2 is 2.31 bits per heavy atom. The average Bonchev–Trinajstić information content (AvgIpc) is 2.65. The topological polar surface area (TPSA) is 77.6 Å². The molecule has 1 N–H and O–H groups in total. The van der Waals surface area contributed by atoms with Crippen LogP contribution in [0.3, 0.4) is 0 Å². The largest absolute Gasteiger partial charge is 0.315 e. The molecular formula is C9H14N6O.